The van der Waals surface area contributed by atoms with Gasteiger partial charge in [-0.05, 0) is 48.1 Å². The molecular formula is C37H36FN5O6. The molecule has 1 unspecified atom stereocenters. The highest BCUT2D eigenvalue weighted by atomic mass is 19.1. The summed E-state index contributed by atoms with van der Waals surface area (Å²) in [6.07, 6.45) is 3.16. The number of anilines is 1. The summed E-state index contributed by atoms with van der Waals surface area (Å²) in [5.41, 5.74) is 3.44. The van der Waals surface area contributed by atoms with E-state index in [1.165, 1.54) is 4.57 Å². The molecule has 5 atom stereocenters. The Morgan fingerprint density at radius 2 is 1.71 bits per heavy atom. The summed E-state index contributed by atoms with van der Waals surface area (Å²) in [6.45, 7) is -0.165. The van der Waals surface area contributed by atoms with Crippen LogP contribution >= 0.6 is 0 Å². The molecule has 2 fully saturated rings. The number of ether oxygens (including phenoxy) is 4. The van der Waals surface area contributed by atoms with E-state index in [1.54, 1.807) is 7.11 Å². The summed E-state index contributed by atoms with van der Waals surface area (Å²) in [7, 11) is 1.57. The Labute approximate surface area is 281 Å². The average molecular weight is 666 g/mol. The second-order valence-corrected chi connectivity index (χ2v) is 12.1. The van der Waals surface area contributed by atoms with Crippen molar-refractivity contribution in [3.63, 3.8) is 0 Å². The fourth-order valence-corrected chi connectivity index (χ4v) is 7.05. The van der Waals surface area contributed by atoms with Crippen molar-refractivity contribution in [3.8, 4) is 18.1 Å². The molecule has 0 amide bonds. The topological polar surface area (TPSA) is 147 Å². The van der Waals surface area contributed by atoms with Crippen LogP contribution in [-0.4, -0.2) is 69.1 Å². The molecule has 2 saturated heterocycles. The zero-order valence-corrected chi connectivity index (χ0v) is 26.8. The monoisotopic (exact) mass is 665 g/mol. The van der Waals surface area contributed by atoms with E-state index in [4.69, 9.17) is 36.1 Å². The molecule has 2 aliphatic rings. The predicted octanol–water partition coefficient (Wildman–Crippen LogP) is 4.24. The van der Waals surface area contributed by atoms with E-state index in [0.717, 1.165) is 24.0 Å². The zero-order chi connectivity index (χ0) is 34.2. The molecule has 11 nitrogen and oxygen atoms in total. The zero-order valence-electron chi connectivity index (χ0n) is 26.8. The number of alkyl halides is 1. The number of fused-ring (bicyclic) bond motifs is 1. The van der Waals surface area contributed by atoms with E-state index in [2.05, 4.69) is 15.9 Å². The number of nitrogens with two attached hydrogens (primary N) is 1. The number of aromatic nitrogens is 4. The lowest BCUT2D eigenvalue weighted by atomic mass is 9.68. The van der Waals surface area contributed by atoms with E-state index in [1.807, 2.05) is 84.9 Å². The first-order chi connectivity index (χ1) is 23.8. The first kappa shape index (κ1) is 32.5. The van der Waals surface area contributed by atoms with Gasteiger partial charge in [0, 0.05) is 6.61 Å². The van der Waals surface area contributed by atoms with Gasteiger partial charge in [-0.25, -0.2) is 9.37 Å². The highest BCUT2D eigenvalue weighted by molar-refractivity contribution is 5.74. The van der Waals surface area contributed by atoms with Crippen LogP contribution in [0.25, 0.3) is 11.2 Å². The number of halogens is 1. The molecule has 0 spiro atoms. The Bertz CT molecular complexity index is 1980. The number of methoxy groups -OCH3 is 1. The Morgan fingerprint density at radius 1 is 1.06 bits per heavy atom. The van der Waals surface area contributed by atoms with Crippen LogP contribution < -0.4 is 16.0 Å². The maximum Gasteiger partial charge on any atom is 0.280 e. The van der Waals surface area contributed by atoms with Crippen molar-refractivity contribution in [2.75, 3.05) is 26.1 Å². The van der Waals surface area contributed by atoms with Crippen LogP contribution in [0.3, 0.4) is 0 Å². The number of benzene rings is 3. The lowest BCUT2D eigenvalue weighted by molar-refractivity contribution is -0.211. The Hall–Kier alpha value is -5.06. The maximum atomic E-state index is 17.9. The lowest BCUT2D eigenvalue weighted by Crippen LogP contribution is -2.47. The molecule has 7 rings (SSSR count). The van der Waals surface area contributed by atoms with E-state index < -0.39 is 48.0 Å². The fraction of sp³-hybridized carbons (Fsp3) is 0.324. The van der Waals surface area contributed by atoms with Crippen LogP contribution in [0, 0.1) is 12.3 Å². The Balaban J connectivity index is 1.57. The van der Waals surface area contributed by atoms with Crippen LogP contribution in [0.4, 0.5) is 10.3 Å². The van der Waals surface area contributed by atoms with Crippen LogP contribution in [0.15, 0.2) is 89.7 Å². The minimum absolute atomic E-state index is 0.0606. The number of aromatic amines is 1. The van der Waals surface area contributed by atoms with Crippen molar-refractivity contribution in [2.45, 2.75) is 55.1 Å². The smallest absolute Gasteiger partial charge is 0.280 e. The Kier molecular flexibility index (Phi) is 8.68. The molecule has 5 aromatic rings. The normalized spacial score (nSPS) is 24.1. The summed E-state index contributed by atoms with van der Waals surface area (Å²) in [5, 5.41) is 10.5. The van der Waals surface area contributed by atoms with Crippen LogP contribution in [0.5, 0.6) is 5.75 Å². The maximum absolute atomic E-state index is 17.9. The molecule has 2 aromatic heterocycles. The highest BCUT2D eigenvalue weighted by Crippen LogP contribution is 2.51. The van der Waals surface area contributed by atoms with Crippen molar-refractivity contribution in [3.05, 3.63) is 118 Å². The molecule has 0 aliphatic carbocycles. The lowest BCUT2D eigenvalue weighted by Gasteiger charge is -2.38. The number of aliphatic hydroxyl groups is 1. The van der Waals surface area contributed by atoms with Gasteiger partial charge in [0.25, 0.3) is 5.56 Å². The van der Waals surface area contributed by atoms with Gasteiger partial charge < -0.3 is 29.8 Å². The van der Waals surface area contributed by atoms with E-state index in [9.17, 15) is 9.90 Å². The van der Waals surface area contributed by atoms with Crippen LogP contribution in [0.2, 0.25) is 0 Å². The number of nitrogens with zero attached hydrogens (tertiary/aromatic N) is 3. The number of rotatable bonds is 9. The molecule has 0 bridgehead atoms. The SMILES string of the molecule is C#C[C@@]1(F)[C@H](OC2CCCCO2)[C@@H](CO)O[C@@H]1n1c(C(c2ccccc2)(c2ccccc2)c2ccc(OC)cc2)nc2c(=O)[nH]c(N)nc21. The van der Waals surface area contributed by atoms with Crippen molar-refractivity contribution in [1.82, 2.24) is 19.5 Å². The van der Waals surface area contributed by atoms with Crippen molar-refractivity contribution >= 4 is 17.1 Å². The summed E-state index contributed by atoms with van der Waals surface area (Å²) < 4.78 is 43.0. The minimum atomic E-state index is -2.70. The van der Waals surface area contributed by atoms with Gasteiger partial charge in [0.15, 0.2) is 23.7 Å². The van der Waals surface area contributed by atoms with Gasteiger partial charge >= 0.3 is 0 Å². The number of nitrogen functional groups attached to an aromatic ring is 1. The molecule has 252 valence electrons. The molecule has 12 heteroatoms. The minimum Gasteiger partial charge on any atom is -0.497 e. The van der Waals surface area contributed by atoms with Gasteiger partial charge in [0.05, 0.1) is 13.7 Å². The molecule has 0 saturated carbocycles. The number of aliphatic hydroxyl groups excluding tert-OH is 1. The molecule has 2 aliphatic heterocycles. The van der Waals surface area contributed by atoms with E-state index in [-0.39, 0.29) is 22.9 Å². The van der Waals surface area contributed by atoms with Crippen molar-refractivity contribution < 1.29 is 28.4 Å². The third kappa shape index (κ3) is 5.35. The first-order valence-electron chi connectivity index (χ1n) is 16.1. The third-order valence-electron chi connectivity index (χ3n) is 9.33. The number of nitrogens with one attached hydrogen (secondary N) is 1. The van der Waals surface area contributed by atoms with Gasteiger partial charge in [-0.1, -0.05) is 78.7 Å². The summed E-state index contributed by atoms with van der Waals surface area (Å²) >= 11 is 0. The number of imidazole rings is 1. The highest BCUT2D eigenvalue weighted by Gasteiger charge is 2.61. The number of terminal acetylenes is 1. The van der Waals surface area contributed by atoms with E-state index in [0.29, 0.717) is 24.3 Å². The van der Waals surface area contributed by atoms with Gasteiger partial charge in [-0.15, -0.1) is 6.42 Å². The van der Waals surface area contributed by atoms with Crippen molar-refractivity contribution in [2.24, 2.45) is 0 Å². The van der Waals surface area contributed by atoms with E-state index >= 15 is 4.39 Å². The summed E-state index contributed by atoms with van der Waals surface area (Å²) in [6, 6.07) is 26.4. The molecule has 0 radical (unpaired) electrons. The average Bonchev–Trinajstić information content (AvgIpc) is 3.65. The quantitative estimate of drug-likeness (QED) is 0.155. The van der Waals surface area contributed by atoms with Gasteiger partial charge in [-0.2, -0.15) is 4.98 Å². The summed E-state index contributed by atoms with van der Waals surface area (Å²) in [4.78, 5) is 25.5. The summed E-state index contributed by atoms with van der Waals surface area (Å²) in [5.74, 6) is 2.86. The number of hydrogen-bond acceptors (Lipinski definition) is 9. The first-order valence-corrected chi connectivity index (χ1v) is 16.1. The van der Waals surface area contributed by atoms with Crippen molar-refractivity contribution in [1.29, 1.82) is 0 Å². The van der Waals surface area contributed by atoms with Gasteiger partial charge in [0.2, 0.25) is 11.6 Å². The standard InChI is InChI=1S/C37H36FN5O6/c1-3-36(38)30(49-28-16-10-11-21-47-28)27(22-44)48-34(36)43-31-29(32(45)42-35(39)41-31)40-33(43)37(23-12-6-4-7-13-23,24-14-8-5-9-15-24)25-17-19-26(46-2)20-18-25/h1,4-9,12-15,17-20,27-28,30,34,44H,10-11,16,21-22H2,2H3,(H3,39,41,42,45)/t27-,28?,30-,34+,36-/m1/s1. The van der Waals surface area contributed by atoms with Crippen LogP contribution in [-0.2, 0) is 19.6 Å². The largest absolute Gasteiger partial charge is 0.497 e. The Morgan fingerprint density at radius 3 is 2.29 bits per heavy atom. The molecule has 3 aromatic carbocycles. The third-order valence-corrected chi connectivity index (χ3v) is 9.33. The van der Waals surface area contributed by atoms with Crippen LogP contribution in [0.1, 0.15) is 48.0 Å². The van der Waals surface area contributed by atoms with Gasteiger partial charge in [-0.3, -0.25) is 14.3 Å². The second kappa shape index (κ2) is 13.1. The molecule has 4 N–H and O–H groups in total. The molecule has 4 heterocycles. The fourth-order valence-electron chi connectivity index (χ4n) is 7.05. The number of hydrogen-bond donors (Lipinski definition) is 3. The molecule has 49 heavy (non-hydrogen) atoms. The number of H-pyrrole nitrogens is 1. The predicted molar refractivity (Wildman–Crippen MR) is 180 cm³/mol. The second-order valence-electron chi connectivity index (χ2n) is 12.1. The van der Waals surface area contributed by atoms with Gasteiger partial charge in [0.1, 0.15) is 29.2 Å². The molecular weight excluding hydrogens is 629 g/mol.